The number of aryl methyl sites for hydroxylation is 2. The molecular weight excluding hydrogens is 544 g/mol. The van der Waals surface area contributed by atoms with Crippen molar-refractivity contribution in [3.05, 3.63) is 59.2 Å². The zero-order chi connectivity index (χ0) is 30.5. The molecule has 0 aliphatic rings. The summed E-state index contributed by atoms with van der Waals surface area (Å²) >= 11 is 0. The topological polar surface area (TPSA) is 221 Å². The minimum atomic E-state index is 0.210. The Labute approximate surface area is 243 Å². The summed E-state index contributed by atoms with van der Waals surface area (Å²) in [5.74, 6) is 5.33. The number of nitrogens with one attached hydrogen (secondary N) is 4. The number of hydrogen-bond acceptors (Lipinski definition) is 10. The third-order valence-corrected chi connectivity index (χ3v) is 5.55. The quantitative estimate of drug-likeness (QED) is 0.117. The van der Waals surface area contributed by atoms with Crippen LogP contribution in [-0.4, -0.2) is 70.7 Å². The van der Waals surface area contributed by atoms with Gasteiger partial charge in [-0.2, -0.15) is 9.97 Å². The smallest absolute Gasteiger partial charge is 0.248 e. The Balaban J connectivity index is 0.000000230. The molecule has 2 aromatic heterocycles. The van der Waals surface area contributed by atoms with E-state index in [9.17, 15) is 0 Å². The fraction of sp³-hybridized carbons (Fsp3) is 0.308. The number of aliphatic imine (C=N–C) groups is 2. The summed E-state index contributed by atoms with van der Waals surface area (Å²) in [6.07, 6.45) is 0. The van der Waals surface area contributed by atoms with Crippen LogP contribution in [0.25, 0.3) is 0 Å². The van der Waals surface area contributed by atoms with Crippen molar-refractivity contribution >= 4 is 23.8 Å². The highest BCUT2D eigenvalue weighted by atomic mass is 16.5. The Kier molecular flexibility index (Phi) is 11.3. The number of hydrogen-bond donors (Lipinski definition) is 6. The molecule has 0 amide bonds. The molecule has 0 saturated heterocycles. The first kappa shape index (κ1) is 31.0. The van der Waals surface area contributed by atoms with Crippen molar-refractivity contribution in [2.45, 2.75) is 26.9 Å². The van der Waals surface area contributed by atoms with Crippen LogP contribution < -0.4 is 41.0 Å². The molecule has 0 aliphatic carbocycles. The van der Waals surface area contributed by atoms with Crippen molar-refractivity contribution in [1.29, 1.82) is 0 Å². The SMILES string of the molecule is COc1cccc(OC)c1CN=C(N)Nc1n[nH]c(C)n1.COc1cccc(OC)c1CN=C(N)Nc1n[nH]c(C)n1. The molecule has 42 heavy (non-hydrogen) atoms. The van der Waals surface area contributed by atoms with E-state index >= 15 is 0 Å². The molecule has 0 atom stereocenters. The van der Waals surface area contributed by atoms with Gasteiger partial charge in [0.25, 0.3) is 0 Å². The maximum Gasteiger partial charge on any atom is 0.248 e. The number of nitrogens with two attached hydrogens (primary N) is 2. The number of nitrogens with zero attached hydrogens (tertiary/aromatic N) is 6. The van der Waals surface area contributed by atoms with Crippen LogP contribution in [0.5, 0.6) is 23.0 Å². The number of guanidine groups is 2. The van der Waals surface area contributed by atoms with E-state index in [1.165, 1.54) is 0 Å². The van der Waals surface area contributed by atoms with Gasteiger partial charge in [-0.05, 0) is 38.1 Å². The van der Waals surface area contributed by atoms with Gasteiger partial charge in [0.1, 0.15) is 34.6 Å². The highest BCUT2D eigenvalue weighted by Crippen LogP contribution is 2.29. The molecule has 0 spiro atoms. The van der Waals surface area contributed by atoms with E-state index in [0.717, 1.165) is 11.1 Å². The fourth-order valence-electron chi connectivity index (χ4n) is 3.60. The molecule has 0 fully saturated rings. The number of rotatable bonds is 10. The van der Waals surface area contributed by atoms with Gasteiger partial charge in [0.05, 0.1) is 52.7 Å². The molecule has 4 rings (SSSR count). The molecule has 0 aliphatic heterocycles. The molecule has 2 aromatic carbocycles. The number of benzene rings is 2. The summed E-state index contributed by atoms with van der Waals surface area (Å²) in [6.45, 7) is 4.22. The molecule has 4 aromatic rings. The number of H-pyrrole nitrogens is 2. The Morgan fingerprint density at radius 1 is 0.667 bits per heavy atom. The second kappa shape index (κ2) is 15.3. The lowest BCUT2D eigenvalue weighted by molar-refractivity contribution is 0.385. The average molecular weight is 581 g/mol. The highest BCUT2D eigenvalue weighted by Gasteiger charge is 2.11. The minimum absolute atomic E-state index is 0.210. The highest BCUT2D eigenvalue weighted by molar-refractivity contribution is 5.91. The zero-order valence-electron chi connectivity index (χ0n) is 24.3. The molecule has 2 heterocycles. The third-order valence-electron chi connectivity index (χ3n) is 5.55. The molecular formula is C26H36N12O4. The first-order valence-electron chi connectivity index (χ1n) is 12.6. The number of methoxy groups -OCH3 is 4. The summed E-state index contributed by atoms with van der Waals surface area (Å²) < 4.78 is 21.2. The summed E-state index contributed by atoms with van der Waals surface area (Å²) in [7, 11) is 6.39. The first-order valence-corrected chi connectivity index (χ1v) is 12.6. The van der Waals surface area contributed by atoms with Gasteiger partial charge in [0.2, 0.25) is 11.9 Å². The summed E-state index contributed by atoms with van der Waals surface area (Å²) in [5, 5.41) is 18.9. The maximum atomic E-state index is 5.81. The normalized spacial score (nSPS) is 11.3. The first-order chi connectivity index (χ1) is 20.3. The van der Waals surface area contributed by atoms with Crippen LogP contribution in [0.15, 0.2) is 46.4 Å². The lowest BCUT2D eigenvalue weighted by Gasteiger charge is -2.11. The van der Waals surface area contributed by atoms with Gasteiger partial charge in [-0.1, -0.05) is 12.1 Å². The van der Waals surface area contributed by atoms with Crippen molar-refractivity contribution in [2.24, 2.45) is 21.5 Å². The van der Waals surface area contributed by atoms with Gasteiger partial charge in [-0.25, -0.2) is 9.98 Å². The fourth-order valence-corrected chi connectivity index (χ4v) is 3.60. The van der Waals surface area contributed by atoms with Crippen LogP contribution in [0.1, 0.15) is 22.8 Å². The minimum Gasteiger partial charge on any atom is -0.496 e. The van der Waals surface area contributed by atoms with E-state index in [1.807, 2.05) is 36.4 Å². The van der Waals surface area contributed by atoms with Crippen molar-refractivity contribution in [3.63, 3.8) is 0 Å². The Morgan fingerprint density at radius 3 is 1.26 bits per heavy atom. The van der Waals surface area contributed by atoms with Gasteiger partial charge in [-0.15, -0.1) is 10.2 Å². The number of anilines is 2. The number of ether oxygens (including phenoxy) is 4. The van der Waals surface area contributed by atoms with Crippen LogP contribution in [-0.2, 0) is 13.1 Å². The monoisotopic (exact) mass is 580 g/mol. The van der Waals surface area contributed by atoms with E-state index in [-0.39, 0.29) is 11.9 Å². The van der Waals surface area contributed by atoms with Crippen molar-refractivity contribution < 1.29 is 18.9 Å². The summed E-state index contributed by atoms with van der Waals surface area (Å²) in [4.78, 5) is 16.7. The average Bonchev–Trinajstić information content (AvgIpc) is 3.60. The molecule has 16 nitrogen and oxygen atoms in total. The molecule has 0 radical (unpaired) electrons. The largest absolute Gasteiger partial charge is 0.496 e. The molecule has 16 heteroatoms. The van der Waals surface area contributed by atoms with Crippen LogP contribution in [0.4, 0.5) is 11.9 Å². The number of aromatic nitrogens is 6. The molecule has 0 saturated carbocycles. The van der Waals surface area contributed by atoms with Crippen molar-refractivity contribution in [2.75, 3.05) is 39.1 Å². The van der Waals surface area contributed by atoms with Gasteiger partial charge >= 0.3 is 0 Å². The van der Waals surface area contributed by atoms with Gasteiger partial charge in [0, 0.05) is 0 Å². The second-order valence-electron chi connectivity index (χ2n) is 8.42. The Bertz CT molecular complexity index is 1340. The third kappa shape index (κ3) is 8.73. The van der Waals surface area contributed by atoms with Gasteiger partial charge in [-0.3, -0.25) is 20.8 Å². The van der Waals surface area contributed by atoms with Crippen LogP contribution >= 0.6 is 0 Å². The van der Waals surface area contributed by atoms with Crippen LogP contribution in [0.2, 0.25) is 0 Å². The zero-order valence-corrected chi connectivity index (χ0v) is 24.3. The van der Waals surface area contributed by atoms with E-state index in [1.54, 1.807) is 42.3 Å². The molecule has 224 valence electrons. The maximum absolute atomic E-state index is 5.81. The predicted molar refractivity (Wildman–Crippen MR) is 159 cm³/mol. The van der Waals surface area contributed by atoms with E-state index < -0.39 is 0 Å². The summed E-state index contributed by atoms with van der Waals surface area (Å²) in [5.41, 5.74) is 13.3. The molecule has 8 N–H and O–H groups in total. The van der Waals surface area contributed by atoms with Crippen LogP contribution in [0.3, 0.4) is 0 Å². The van der Waals surface area contributed by atoms with Gasteiger partial charge < -0.3 is 30.4 Å². The van der Waals surface area contributed by atoms with Gasteiger partial charge in [0.15, 0.2) is 11.9 Å². The van der Waals surface area contributed by atoms with E-state index in [2.05, 4.69) is 51.0 Å². The number of aromatic amines is 2. The second-order valence-corrected chi connectivity index (χ2v) is 8.42. The Hall–Kier alpha value is -5.54. The van der Waals surface area contributed by atoms with Crippen molar-refractivity contribution in [1.82, 2.24) is 30.4 Å². The molecule has 0 unspecified atom stereocenters. The van der Waals surface area contributed by atoms with E-state index in [0.29, 0.717) is 59.6 Å². The lowest BCUT2D eigenvalue weighted by atomic mass is 10.2. The lowest BCUT2D eigenvalue weighted by Crippen LogP contribution is -2.23. The van der Waals surface area contributed by atoms with Crippen molar-refractivity contribution in [3.8, 4) is 23.0 Å². The predicted octanol–water partition coefficient (Wildman–Crippen LogP) is 2.11. The molecule has 0 bridgehead atoms. The standard InChI is InChI=1S/2C13H18N6O2/c2*1-8-16-13(19-18-8)17-12(14)15-7-9-10(20-2)5-4-6-11(9)21-3/h2*4-6H,7H2,1-3H3,(H4,14,15,16,17,18,19). The summed E-state index contributed by atoms with van der Waals surface area (Å²) in [6, 6.07) is 11.1. The van der Waals surface area contributed by atoms with E-state index in [4.69, 9.17) is 30.4 Å². The van der Waals surface area contributed by atoms with Crippen LogP contribution in [0, 0.1) is 13.8 Å². The Morgan fingerprint density at radius 2 is 1.00 bits per heavy atom.